The standard InChI is InChI=1S/C17H22N4O4S3/c1-11(2)26-17-20-19-16(27-17)18-15(22)14-10-13(5-4-12(14)3)28(23,24)21-6-8-25-9-7-21/h4-5,10-11H,6-9H2,1-3H3,(H,18,19,22). The molecule has 0 atom stereocenters. The number of benzene rings is 1. The van der Waals surface area contributed by atoms with E-state index in [1.807, 2.05) is 13.8 Å². The molecule has 8 nitrogen and oxygen atoms in total. The Hall–Kier alpha value is -1.53. The first-order valence-corrected chi connectivity index (χ1v) is 11.9. The molecule has 0 spiro atoms. The smallest absolute Gasteiger partial charge is 0.257 e. The average molecular weight is 443 g/mol. The number of aromatic nitrogens is 2. The Labute approximate surface area is 172 Å². The molecule has 2 heterocycles. The van der Waals surface area contributed by atoms with E-state index in [2.05, 4.69) is 15.5 Å². The van der Waals surface area contributed by atoms with E-state index < -0.39 is 15.9 Å². The molecule has 1 aromatic carbocycles. The number of hydrogen-bond donors (Lipinski definition) is 1. The number of anilines is 1. The molecule has 1 aliphatic heterocycles. The van der Waals surface area contributed by atoms with Crippen molar-refractivity contribution in [3.63, 3.8) is 0 Å². The number of aryl methyl sites for hydroxylation is 1. The number of carbonyl (C=O) groups excluding carboxylic acids is 1. The molecule has 1 N–H and O–H groups in total. The zero-order valence-corrected chi connectivity index (χ0v) is 18.3. The number of nitrogens with zero attached hydrogens (tertiary/aromatic N) is 3. The third-order valence-corrected chi connectivity index (χ3v) is 7.85. The number of morpholine rings is 1. The van der Waals surface area contributed by atoms with Crippen molar-refractivity contribution in [1.29, 1.82) is 0 Å². The van der Waals surface area contributed by atoms with Gasteiger partial charge in [0.05, 0.1) is 18.1 Å². The van der Waals surface area contributed by atoms with Gasteiger partial charge in [-0.05, 0) is 24.6 Å². The van der Waals surface area contributed by atoms with Gasteiger partial charge in [0.25, 0.3) is 5.91 Å². The maximum Gasteiger partial charge on any atom is 0.257 e. The fourth-order valence-corrected chi connectivity index (χ4v) is 6.02. The first-order valence-electron chi connectivity index (χ1n) is 8.77. The van der Waals surface area contributed by atoms with Gasteiger partial charge in [-0.2, -0.15) is 4.31 Å². The number of thioether (sulfide) groups is 1. The minimum atomic E-state index is -3.67. The molecule has 0 aliphatic carbocycles. The van der Waals surface area contributed by atoms with E-state index in [-0.39, 0.29) is 4.90 Å². The molecule has 0 saturated carbocycles. The maximum absolute atomic E-state index is 12.9. The van der Waals surface area contributed by atoms with E-state index >= 15 is 0 Å². The van der Waals surface area contributed by atoms with E-state index in [1.165, 1.54) is 27.8 Å². The van der Waals surface area contributed by atoms with Crippen molar-refractivity contribution in [2.24, 2.45) is 0 Å². The molecule has 0 unspecified atom stereocenters. The summed E-state index contributed by atoms with van der Waals surface area (Å²) in [6.07, 6.45) is 0. The zero-order chi connectivity index (χ0) is 20.3. The van der Waals surface area contributed by atoms with Gasteiger partial charge in [-0.3, -0.25) is 10.1 Å². The number of ether oxygens (including phenoxy) is 1. The summed E-state index contributed by atoms with van der Waals surface area (Å²) in [7, 11) is -3.67. The van der Waals surface area contributed by atoms with E-state index in [4.69, 9.17) is 4.74 Å². The highest BCUT2D eigenvalue weighted by atomic mass is 32.2. The van der Waals surface area contributed by atoms with Crippen LogP contribution in [0.3, 0.4) is 0 Å². The fourth-order valence-electron chi connectivity index (χ4n) is 2.62. The van der Waals surface area contributed by atoms with Gasteiger partial charge in [-0.15, -0.1) is 10.2 Å². The lowest BCUT2D eigenvalue weighted by Gasteiger charge is -2.26. The van der Waals surface area contributed by atoms with Crippen LogP contribution in [0.15, 0.2) is 27.4 Å². The number of hydrogen-bond acceptors (Lipinski definition) is 8. The second-order valence-corrected chi connectivity index (χ2v) is 11.2. The number of carbonyl (C=O) groups is 1. The van der Waals surface area contributed by atoms with Crippen LogP contribution in [0.1, 0.15) is 29.8 Å². The van der Waals surface area contributed by atoms with Crippen LogP contribution in [-0.4, -0.2) is 60.4 Å². The molecular formula is C17H22N4O4S3. The summed E-state index contributed by atoms with van der Waals surface area (Å²) in [5, 5.41) is 11.5. The van der Waals surface area contributed by atoms with Gasteiger partial charge in [0.15, 0.2) is 4.34 Å². The van der Waals surface area contributed by atoms with Crippen LogP contribution in [-0.2, 0) is 14.8 Å². The molecule has 1 aliphatic rings. The van der Waals surface area contributed by atoms with Crippen LogP contribution in [0.4, 0.5) is 5.13 Å². The summed E-state index contributed by atoms with van der Waals surface area (Å²) in [6, 6.07) is 4.59. The lowest BCUT2D eigenvalue weighted by molar-refractivity contribution is 0.0730. The van der Waals surface area contributed by atoms with Crippen LogP contribution in [0.2, 0.25) is 0 Å². The molecule has 28 heavy (non-hydrogen) atoms. The van der Waals surface area contributed by atoms with E-state index in [0.717, 1.165) is 4.34 Å². The molecular weight excluding hydrogens is 420 g/mol. The van der Waals surface area contributed by atoms with Gasteiger partial charge in [-0.25, -0.2) is 8.42 Å². The molecule has 11 heteroatoms. The molecule has 152 valence electrons. The summed E-state index contributed by atoms with van der Waals surface area (Å²) in [5.74, 6) is -0.409. The minimum Gasteiger partial charge on any atom is -0.379 e. The highest BCUT2D eigenvalue weighted by Crippen LogP contribution is 2.29. The Bertz CT molecular complexity index is 953. The highest BCUT2D eigenvalue weighted by Gasteiger charge is 2.27. The summed E-state index contributed by atoms with van der Waals surface area (Å²) in [6.45, 7) is 7.21. The van der Waals surface area contributed by atoms with Gasteiger partial charge >= 0.3 is 0 Å². The summed E-state index contributed by atoms with van der Waals surface area (Å²) >= 11 is 2.86. The Morgan fingerprint density at radius 2 is 2.00 bits per heavy atom. The molecule has 3 rings (SSSR count). The second kappa shape index (κ2) is 8.87. The van der Waals surface area contributed by atoms with Crippen molar-refractivity contribution < 1.29 is 17.9 Å². The van der Waals surface area contributed by atoms with Crippen LogP contribution in [0, 0.1) is 6.92 Å². The Morgan fingerprint density at radius 1 is 1.29 bits per heavy atom. The van der Waals surface area contributed by atoms with Gasteiger partial charge in [0.1, 0.15) is 0 Å². The third kappa shape index (κ3) is 4.90. The van der Waals surface area contributed by atoms with Gasteiger partial charge in [0.2, 0.25) is 15.2 Å². The summed E-state index contributed by atoms with van der Waals surface area (Å²) < 4.78 is 33.1. The third-order valence-electron chi connectivity index (χ3n) is 4.02. The lowest BCUT2D eigenvalue weighted by atomic mass is 10.1. The molecule has 1 aromatic heterocycles. The first kappa shape index (κ1) is 21.2. The van der Waals surface area contributed by atoms with Crippen LogP contribution < -0.4 is 5.32 Å². The topological polar surface area (TPSA) is 101 Å². The van der Waals surface area contributed by atoms with E-state index in [0.29, 0.717) is 47.8 Å². The monoisotopic (exact) mass is 442 g/mol. The zero-order valence-electron chi connectivity index (χ0n) is 15.8. The highest BCUT2D eigenvalue weighted by molar-refractivity contribution is 8.01. The predicted molar refractivity (Wildman–Crippen MR) is 110 cm³/mol. The number of rotatable bonds is 6. The van der Waals surface area contributed by atoms with Gasteiger partial charge < -0.3 is 4.74 Å². The number of sulfonamides is 1. The number of amides is 1. The Balaban J connectivity index is 1.80. The minimum absolute atomic E-state index is 0.0958. The Kier molecular flexibility index (Phi) is 6.71. The quantitative estimate of drug-likeness (QED) is 0.542. The second-order valence-electron chi connectivity index (χ2n) is 6.49. The van der Waals surface area contributed by atoms with E-state index in [1.54, 1.807) is 24.8 Å². The van der Waals surface area contributed by atoms with Crippen LogP contribution in [0.5, 0.6) is 0 Å². The van der Waals surface area contributed by atoms with E-state index in [9.17, 15) is 13.2 Å². The molecule has 0 bridgehead atoms. The number of nitrogens with one attached hydrogen (secondary N) is 1. The lowest BCUT2D eigenvalue weighted by Crippen LogP contribution is -2.40. The largest absolute Gasteiger partial charge is 0.379 e. The fraction of sp³-hybridized carbons (Fsp3) is 0.471. The van der Waals surface area contributed by atoms with Crippen molar-refractivity contribution in [2.75, 3.05) is 31.6 Å². The SMILES string of the molecule is Cc1ccc(S(=O)(=O)N2CCOCC2)cc1C(=O)Nc1nnc(SC(C)C)s1. The predicted octanol–water partition coefficient (Wildman–Crippen LogP) is 2.62. The summed E-state index contributed by atoms with van der Waals surface area (Å²) in [4.78, 5) is 12.8. The van der Waals surface area contributed by atoms with Crippen LogP contribution >= 0.6 is 23.1 Å². The molecule has 1 amide bonds. The van der Waals surface area contributed by atoms with Gasteiger partial charge in [0, 0.05) is 23.9 Å². The van der Waals surface area contributed by atoms with Crippen molar-refractivity contribution in [3.05, 3.63) is 29.3 Å². The Morgan fingerprint density at radius 3 is 2.68 bits per heavy atom. The van der Waals surface area contributed by atoms with Crippen molar-refractivity contribution in [3.8, 4) is 0 Å². The summed E-state index contributed by atoms with van der Waals surface area (Å²) in [5.41, 5.74) is 0.974. The van der Waals surface area contributed by atoms with Crippen molar-refractivity contribution in [2.45, 2.75) is 35.3 Å². The normalized spacial score (nSPS) is 15.7. The van der Waals surface area contributed by atoms with Crippen molar-refractivity contribution in [1.82, 2.24) is 14.5 Å². The van der Waals surface area contributed by atoms with Gasteiger partial charge in [-0.1, -0.05) is 43.0 Å². The molecule has 1 fully saturated rings. The average Bonchev–Trinajstić information content (AvgIpc) is 3.08. The van der Waals surface area contributed by atoms with Crippen LogP contribution in [0.25, 0.3) is 0 Å². The van der Waals surface area contributed by atoms with Crippen molar-refractivity contribution >= 4 is 44.2 Å². The first-order chi connectivity index (χ1) is 13.3. The maximum atomic E-state index is 12.9. The molecule has 2 aromatic rings. The molecule has 0 radical (unpaired) electrons. The molecule has 1 saturated heterocycles.